The van der Waals surface area contributed by atoms with E-state index in [0.29, 0.717) is 0 Å². The number of rotatable bonds is 6. The molecule has 0 unspecified atom stereocenters. The van der Waals surface area contributed by atoms with Crippen molar-refractivity contribution in [1.82, 2.24) is 9.88 Å². The lowest BCUT2D eigenvalue weighted by molar-refractivity contribution is 0.312. The normalized spacial score (nSPS) is 10.9. The highest BCUT2D eigenvalue weighted by Crippen LogP contribution is 2.13. The summed E-state index contributed by atoms with van der Waals surface area (Å²) in [6.45, 7) is 6.65. The van der Waals surface area contributed by atoms with E-state index in [0.717, 1.165) is 36.9 Å². The second kappa shape index (κ2) is 6.38. The number of aryl methyl sites for hydroxylation is 1. The molecule has 0 saturated heterocycles. The molecule has 1 N–H and O–H groups in total. The van der Waals surface area contributed by atoms with E-state index < -0.39 is 0 Å². The predicted molar refractivity (Wildman–Crippen MR) is 77.0 cm³/mol. The average molecular weight is 259 g/mol. The van der Waals surface area contributed by atoms with Gasteiger partial charge in [0.2, 0.25) is 0 Å². The molecule has 4 heteroatoms. The molecule has 0 saturated carbocycles. The summed E-state index contributed by atoms with van der Waals surface area (Å²) in [5, 5.41) is 3.23. The Labute approximate surface area is 114 Å². The van der Waals surface area contributed by atoms with E-state index in [4.69, 9.17) is 4.42 Å². The molecular formula is C15H21N3O. The Morgan fingerprint density at radius 2 is 2.11 bits per heavy atom. The Morgan fingerprint density at radius 1 is 1.26 bits per heavy atom. The fourth-order valence-electron chi connectivity index (χ4n) is 2.05. The first kappa shape index (κ1) is 13.6. The monoisotopic (exact) mass is 259 g/mol. The van der Waals surface area contributed by atoms with Gasteiger partial charge in [-0.25, -0.2) is 4.98 Å². The maximum absolute atomic E-state index is 5.31. The largest absolute Gasteiger partial charge is 0.469 e. The Hall–Kier alpha value is -1.81. The number of aromatic nitrogens is 1. The molecule has 0 amide bonds. The molecule has 0 aliphatic carbocycles. The van der Waals surface area contributed by atoms with E-state index >= 15 is 0 Å². The minimum atomic E-state index is 0.823. The Morgan fingerprint density at radius 3 is 2.79 bits per heavy atom. The van der Waals surface area contributed by atoms with Gasteiger partial charge in [0.1, 0.15) is 11.6 Å². The minimum absolute atomic E-state index is 0.823. The van der Waals surface area contributed by atoms with Crippen molar-refractivity contribution in [1.29, 1.82) is 0 Å². The molecule has 102 valence electrons. The molecule has 0 spiro atoms. The van der Waals surface area contributed by atoms with E-state index in [9.17, 15) is 0 Å². The van der Waals surface area contributed by atoms with Gasteiger partial charge in [-0.1, -0.05) is 6.07 Å². The van der Waals surface area contributed by atoms with Crippen molar-refractivity contribution in [2.45, 2.75) is 26.9 Å². The third-order valence-electron chi connectivity index (χ3n) is 3.00. The number of hydrogen-bond donors (Lipinski definition) is 1. The first-order chi connectivity index (χ1) is 9.19. The van der Waals surface area contributed by atoms with Gasteiger partial charge in [0, 0.05) is 25.2 Å². The lowest BCUT2D eigenvalue weighted by Crippen LogP contribution is -2.18. The summed E-state index contributed by atoms with van der Waals surface area (Å²) < 4.78 is 5.31. The van der Waals surface area contributed by atoms with Crippen LogP contribution in [0.15, 0.2) is 34.9 Å². The van der Waals surface area contributed by atoms with E-state index in [1.54, 1.807) is 6.26 Å². The summed E-state index contributed by atoms with van der Waals surface area (Å²) in [7, 11) is 2.09. The van der Waals surface area contributed by atoms with Gasteiger partial charge in [-0.2, -0.15) is 0 Å². The predicted octanol–water partition coefficient (Wildman–Crippen LogP) is 3.05. The Balaban J connectivity index is 1.96. The zero-order valence-corrected chi connectivity index (χ0v) is 11.8. The highest BCUT2D eigenvalue weighted by Gasteiger charge is 2.07. The fourth-order valence-corrected chi connectivity index (χ4v) is 2.05. The zero-order valence-electron chi connectivity index (χ0n) is 11.8. The average Bonchev–Trinajstić information content (AvgIpc) is 2.76. The molecule has 0 fully saturated rings. The van der Waals surface area contributed by atoms with Crippen molar-refractivity contribution in [3.8, 4) is 0 Å². The lowest BCUT2D eigenvalue weighted by Gasteiger charge is -2.16. The van der Waals surface area contributed by atoms with Crippen molar-refractivity contribution >= 4 is 5.82 Å². The van der Waals surface area contributed by atoms with E-state index in [-0.39, 0.29) is 0 Å². The highest BCUT2D eigenvalue weighted by atomic mass is 16.3. The molecule has 19 heavy (non-hydrogen) atoms. The molecule has 0 radical (unpaired) electrons. The van der Waals surface area contributed by atoms with Gasteiger partial charge >= 0.3 is 0 Å². The lowest BCUT2D eigenvalue weighted by atomic mass is 10.2. The van der Waals surface area contributed by atoms with Crippen molar-refractivity contribution in [2.75, 3.05) is 18.9 Å². The smallest absolute Gasteiger partial charge is 0.126 e. The summed E-state index contributed by atoms with van der Waals surface area (Å²) in [6.07, 6.45) is 1.74. The number of furan rings is 1. The molecule has 0 aliphatic heterocycles. The maximum Gasteiger partial charge on any atom is 0.126 e. The van der Waals surface area contributed by atoms with Crippen LogP contribution >= 0.6 is 0 Å². The van der Waals surface area contributed by atoms with Crippen LogP contribution in [-0.4, -0.2) is 23.5 Å². The van der Waals surface area contributed by atoms with Gasteiger partial charge in [0.15, 0.2) is 0 Å². The molecule has 0 aromatic carbocycles. The van der Waals surface area contributed by atoms with Crippen LogP contribution in [0, 0.1) is 6.92 Å². The molecule has 0 atom stereocenters. The molecule has 2 heterocycles. The van der Waals surface area contributed by atoms with Crippen molar-refractivity contribution in [3.05, 3.63) is 47.5 Å². The van der Waals surface area contributed by atoms with Crippen molar-refractivity contribution in [3.63, 3.8) is 0 Å². The van der Waals surface area contributed by atoms with Crippen LogP contribution < -0.4 is 5.32 Å². The number of hydrogen-bond acceptors (Lipinski definition) is 4. The van der Waals surface area contributed by atoms with Gasteiger partial charge in [-0.05, 0) is 39.1 Å². The molecule has 0 bridgehead atoms. The van der Waals surface area contributed by atoms with E-state index in [1.807, 2.05) is 25.1 Å². The Bertz CT molecular complexity index is 522. The molecule has 2 rings (SSSR count). The van der Waals surface area contributed by atoms with Crippen LogP contribution in [0.4, 0.5) is 5.82 Å². The van der Waals surface area contributed by atoms with Gasteiger partial charge in [0.05, 0.1) is 12.0 Å². The van der Waals surface area contributed by atoms with Crippen LogP contribution in [0.5, 0.6) is 0 Å². The van der Waals surface area contributed by atoms with Crippen LogP contribution in [0.3, 0.4) is 0 Å². The number of nitrogens with one attached hydrogen (secondary N) is 1. The number of nitrogens with zero attached hydrogens (tertiary/aromatic N) is 2. The topological polar surface area (TPSA) is 41.3 Å². The SMILES string of the molecule is CCNc1cccc(CN(C)Cc2ccoc2C)n1. The summed E-state index contributed by atoms with van der Waals surface area (Å²) in [5.74, 6) is 1.93. The van der Waals surface area contributed by atoms with Crippen LogP contribution in [0.1, 0.15) is 23.9 Å². The zero-order chi connectivity index (χ0) is 13.7. The molecule has 0 aliphatic rings. The minimum Gasteiger partial charge on any atom is -0.469 e. The first-order valence-electron chi connectivity index (χ1n) is 6.60. The summed E-state index contributed by atoms with van der Waals surface area (Å²) in [6, 6.07) is 8.11. The van der Waals surface area contributed by atoms with Crippen molar-refractivity contribution in [2.24, 2.45) is 0 Å². The third kappa shape index (κ3) is 3.83. The van der Waals surface area contributed by atoms with Gasteiger partial charge in [-0.15, -0.1) is 0 Å². The highest BCUT2D eigenvalue weighted by molar-refractivity contribution is 5.35. The Kier molecular flexibility index (Phi) is 4.58. The molecule has 2 aromatic heterocycles. The molecule has 4 nitrogen and oxygen atoms in total. The number of pyridine rings is 1. The fraction of sp³-hybridized carbons (Fsp3) is 0.400. The summed E-state index contributed by atoms with van der Waals surface area (Å²) >= 11 is 0. The first-order valence-corrected chi connectivity index (χ1v) is 6.60. The summed E-state index contributed by atoms with van der Waals surface area (Å²) in [4.78, 5) is 6.81. The summed E-state index contributed by atoms with van der Waals surface area (Å²) in [5.41, 5.74) is 2.30. The van der Waals surface area contributed by atoms with Gasteiger partial charge in [0.25, 0.3) is 0 Å². The van der Waals surface area contributed by atoms with Crippen LogP contribution in [0.25, 0.3) is 0 Å². The second-order valence-electron chi connectivity index (χ2n) is 4.72. The van der Waals surface area contributed by atoms with E-state index in [1.165, 1.54) is 5.56 Å². The van der Waals surface area contributed by atoms with Gasteiger partial charge < -0.3 is 9.73 Å². The molecule has 2 aromatic rings. The quantitative estimate of drug-likeness (QED) is 0.865. The van der Waals surface area contributed by atoms with Gasteiger partial charge in [-0.3, -0.25) is 4.90 Å². The van der Waals surface area contributed by atoms with E-state index in [2.05, 4.69) is 35.2 Å². The maximum atomic E-state index is 5.31. The molecular weight excluding hydrogens is 238 g/mol. The number of anilines is 1. The second-order valence-corrected chi connectivity index (χ2v) is 4.72. The van der Waals surface area contributed by atoms with Crippen molar-refractivity contribution < 1.29 is 4.42 Å². The van der Waals surface area contributed by atoms with Crippen LogP contribution in [-0.2, 0) is 13.1 Å². The van der Waals surface area contributed by atoms with Crippen LogP contribution in [0.2, 0.25) is 0 Å². The third-order valence-corrected chi connectivity index (χ3v) is 3.00. The standard InChI is InChI=1S/C15H21N3O/c1-4-16-15-7-5-6-14(17-15)11-18(3)10-13-8-9-19-12(13)2/h5-9H,4,10-11H2,1-3H3,(H,16,17).